The van der Waals surface area contributed by atoms with Crippen molar-refractivity contribution in [2.24, 2.45) is 0 Å². The molecule has 1 aliphatic rings. The summed E-state index contributed by atoms with van der Waals surface area (Å²) in [6.07, 6.45) is 0. The second-order valence-corrected chi connectivity index (χ2v) is 4.46. The number of hydrogen-bond donors (Lipinski definition) is 2. The van der Waals surface area contributed by atoms with Gasteiger partial charge in [0, 0.05) is 0 Å². The van der Waals surface area contributed by atoms with Crippen LogP contribution in [0.5, 0.6) is 0 Å². The Labute approximate surface area is 123 Å². The van der Waals surface area contributed by atoms with Crippen LogP contribution in [0.3, 0.4) is 0 Å². The molecule has 0 aromatic heterocycles. The fourth-order valence-corrected chi connectivity index (χ4v) is 1.95. The predicted molar refractivity (Wildman–Crippen MR) is 68.7 cm³/mol. The average molecular weight is 306 g/mol. The number of urea groups is 1. The van der Waals surface area contributed by atoms with Crippen LogP contribution >= 0.6 is 0 Å². The van der Waals surface area contributed by atoms with Crippen LogP contribution in [-0.4, -0.2) is 56.3 Å². The van der Waals surface area contributed by atoms with Gasteiger partial charge in [-0.05, 0) is 17.7 Å². The molecule has 0 unspecified atom stereocenters. The van der Waals surface area contributed by atoms with Gasteiger partial charge in [-0.1, -0.05) is 12.1 Å². The number of amides is 4. The van der Waals surface area contributed by atoms with E-state index in [0.717, 1.165) is 0 Å². The summed E-state index contributed by atoms with van der Waals surface area (Å²) in [5, 5.41) is 17.5. The molecule has 0 spiro atoms. The molecule has 0 aliphatic carbocycles. The van der Waals surface area contributed by atoms with Crippen molar-refractivity contribution in [1.82, 2.24) is 9.80 Å². The first kappa shape index (κ1) is 15.2. The van der Waals surface area contributed by atoms with Gasteiger partial charge in [-0.2, -0.15) is 0 Å². The molecular formula is C13H10N2O7. The average Bonchev–Trinajstić information content (AvgIpc) is 2.65. The van der Waals surface area contributed by atoms with Crippen molar-refractivity contribution in [1.29, 1.82) is 0 Å². The van der Waals surface area contributed by atoms with Crippen LogP contribution < -0.4 is 0 Å². The molecule has 0 saturated carbocycles. The number of rotatable bonds is 5. The van der Waals surface area contributed by atoms with E-state index in [2.05, 4.69) is 0 Å². The maximum absolute atomic E-state index is 11.9. The molecule has 1 aliphatic heterocycles. The molecule has 1 saturated heterocycles. The highest BCUT2D eigenvalue weighted by atomic mass is 16.4. The molecule has 9 nitrogen and oxygen atoms in total. The number of aliphatic carboxylic acids is 1. The van der Waals surface area contributed by atoms with Crippen LogP contribution in [0, 0.1) is 0 Å². The van der Waals surface area contributed by atoms with Gasteiger partial charge in [0.2, 0.25) is 0 Å². The summed E-state index contributed by atoms with van der Waals surface area (Å²) in [6.45, 7) is -1.23. The van der Waals surface area contributed by atoms with Crippen molar-refractivity contribution in [3.05, 3.63) is 35.4 Å². The van der Waals surface area contributed by atoms with Gasteiger partial charge in [0.25, 0.3) is 0 Å². The summed E-state index contributed by atoms with van der Waals surface area (Å²) < 4.78 is 0. The summed E-state index contributed by atoms with van der Waals surface area (Å²) in [7, 11) is 0. The lowest BCUT2D eigenvalue weighted by Crippen LogP contribution is -2.36. The summed E-state index contributed by atoms with van der Waals surface area (Å²) in [5.41, 5.74) is 0.289. The Balaban J connectivity index is 2.22. The molecule has 1 fully saturated rings. The normalized spacial score (nSPS) is 14.6. The fourth-order valence-electron chi connectivity index (χ4n) is 1.95. The van der Waals surface area contributed by atoms with Crippen LogP contribution in [-0.2, 0) is 20.9 Å². The summed E-state index contributed by atoms with van der Waals surface area (Å²) in [4.78, 5) is 57.6. The lowest BCUT2D eigenvalue weighted by molar-refractivity contribution is -0.146. The van der Waals surface area contributed by atoms with Gasteiger partial charge in [-0.25, -0.2) is 14.5 Å². The van der Waals surface area contributed by atoms with Gasteiger partial charge in [-0.15, -0.1) is 0 Å². The van der Waals surface area contributed by atoms with E-state index in [4.69, 9.17) is 10.2 Å². The zero-order chi connectivity index (χ0) is 16.4. The molecule has 1 aromatic carbocycles. The minimum atomic E-state index is -1.43. The molecule has 0 bridgehead atoms. The maximum Gasteiger partial charge on any atom is 0.335 e. The monoisotopic (exact) mass is 306 g/mol. The second kappa shape index (κ2) is 5.64. The van der Waals surface area contributed by atoms with Gasteiger partial charge >= 0.3 is 29.8 Å². The van der Waals surface area contributed by atoms with Crippen molar-refractivity contribution in [3.63, 3.8) is 0 Å². The number of aromatic carboxylic acids is 1. The number of carboxylic acid groups (broad SMARTS) is 2. The van der Waals surface area contributed by atoms with Crippen LogP contribution in [0.15, 0.2) is 24.3 Å². The van der Waals surface area contributed by atoms with Crippen LogP contribution in [0.1, 0.15) is 15.9 Å². The number of imide groups is 2. The quantitative estimate of drug-likeness (QED) is 0.566. The number of carboxylic acids is 2. The highest BCUT2D eigenvalue weighted by Gasteiger charge is 2.45. The predicted octanol–water partition coefficient (Wildman–Crippen LogP) is -0.240. The van der Waals surface area contributed by atoms with E-state index in [0.29, 0.717) is 15.4 Å². The van der Waals surface area contributed by atoms with E-state index in [1.165, 1.54) is 24.3 Å². The van der Waals surface area contributed by atoms with Crippen molar-refractivity contribution < 1.29 is 34.2 Å². The van der Waals surface area contributed by atoms with Gasteiger partial charge < -0.3 is 10.2 Å². The molecular weight excluding hydrogens is 296 g/mol. The van der Waals surface area contributed by atoms with E-state index in [1.54, 1.807) is 0 Å². The topological polar surface area (TPSA) is 132 Å². The Morgan fingerprint density at radius 3 is 2.23 bits per heavy atom. The summed E-state index contributed by atoms with van der Waals surface area (Å²) >= 11 is 0. The van der Waals surface area contributed by atoms with Gasteiger partial charge in [0.15, 0.2) is 0 Å². The first-order valence-electron chi connectivity index (χ1n) is 6.02. The SMILES string of the molecule is O=C(O)CN1C(=O)C(=O)N(Cc2cccc(C(=O)O)c2)C1=O. The zero-order valence-corrected chi connectivity index (χ0v) is 11.1. The van der Waals surface area contributed by atoms with E-state index in [1.807, 2.05) is 0 Å². The highest BCUT2D eigenvalue weighted by Crippen LogP contribution is 2.16. The summed E-state index contributed by atoms with van der Waals surface area (Å²) in [6, 6.07) is 4.46. The first-order chi connectivity index (χ1) is 10.3. The third-order valence-corrected chi connectivity index (χ3v) is 2.94. The van der Waals surface area contributed by atoms with Gasteiger partial charge in [-0.3, -0.25) is 19.3 Å². The molecule has 9 heteroatoms. The number of carbonyl (C=O) groups is 5. The number of benzene rings is 1. The van der Waals surface area contributed by atoms with Crippen LogP contribution in [0.2, 0.25) is 0 Å². The van der Waals surface area contributed by atoms with Crippen molar-refractivity contribution in [3.8, 4) is 0 Å². The molecule has 4 amide bonds. The largest absolute Gasteiger partial charge is 0.480 e. The lowest BCUT2D eigenvalue weighted by atomic mass is 10.1. The van der Waals surface area contributed by atoms with Crippen molar-refractivity contribution >= 4 is 29.8 Å². The van der Waals surface area contributed by atoms with E-state index >= 15 is 0 Å². The lowest BCUT2D eigenvalue weighted by Gasteiger charge is -2.14. The Morgan fingerprint density at radius 1 is 1.00 bits per heavy atom. The van der Waals surface area contributed by atoms with Gasteiger partial charge in [0.05, 0.1) is 12.1 Å². The zero-order valence-electron chi connectivity index (χ0n) is 11.1. The first-order valence-corrected chi connectivity index (χ1v) is 6.02. The minimum absolute atomic E-state index is 0.0367. The standard InChI is InChI=1S/C13H10N2O7/c16-9(17)6-15-11(19)10(18)14(13(15)22)5-7-2-1-3-8(4-7)12(20)21/h1-4H,5-6H2,(H,16,17)(H,20,21). The molecule has 1 heterocycles. The molecule has 22 heavy (non-hydrogen) atoms. The Kier molecular flexibility index (Phi) is 3.89. The minimum Gasteiger partial charge on any atom is -0.480 e. The van der Waals surface area contributed by atoms with Gasteiger partial charge in [0.1, 0.15) is 6.54 Å². The highest BCUT2D eigenvalue weighted by molar-refractivity contribution is 6.44. The fraction of sp³-hybridized carbons (Fsp3) is 0.154. The molecule has 2 rings (SSSR count). The van der Waals surface area contributed by atoms with E-state index in [-0.39, 0.29) is 12.1 Å². The molecule has 0 radical (unpaired) electrons. The van der Waals surface area contributed by atoms with E-state index < -0.39 is 36.3 Å². The maximum atomic E-state index is 11.9. The molecule has 114 valence electrons. The van der Waals surface area contributed by atoms with Crippen LogP contribution in [0.25, 0.3) is 0 Å². The van der Waals surface area contributed by atoms with E-state index in [9.17, 15) is 24.0 Å². The second-order valence-electron chi connectivity index (χ2n) is 4.46. The Morgan fingerprint density at radius 2 is 1.64 bits per heavy atom. The molecule has 1 aromatic rings. The van der Waals surface area contributed by atoms with Crippen molar-refractivity contribution in [2.75, 3.05) is 6.54 Å². The van der Waals surface area contributed by atoms with Crippen LogP contribution in [0.4, 0.5) is 4.79 Å². The molecule has 0 atom stereocenters. The Hall–Kier alpha value is -3.23. The number of hydrogen-bond acceptors (Lipinski definition) is 5. The third kappa shape index (κ3) is 2.77. The Bertz CT molecular complexity index is 697. The molecule has 2 N–H and O–H groups in total. The number of nitrogens with zero attached hydrogens (tertiary/aromatic N) is 2. The number of carbonyl (C=O) groups excluding carboxylic acids is 3. The van der Waals surface area contributed by atoms with Crippen molar-refractivity contribution in [2.45, 2.75) is 6.54 Å². The summed E-state index contributed by atoms with van der Waals surface area (Å²) in [5.74, 6) is -4.97. The third-order valence-electron chi connectivity index (χ3n) is 2.94. The smallest absolute Gasteiger partial charge is 0.335 e.